The molecule has 1 aromatic heterocycles. The molecule has 2 aromatic carbocycles. The number of ether oxygens (including phenoxy) is 1. The average molecular weight is 770 g/mol. The fraction of sp³-hybridized carbons (Fsp3) is 0.447. The van der Waals surface area contributed by atoms with Gasteiger partial charge in [0, 0.05) is 69.1 Å². The quantitative estimate of drug-likeness (QED) is 0.136. The number of aliphatic hydroxyl groups is 1. The average Bonchev–Trinajstić information content (AvgIpc) is 3.83. The molecule has 1 saturated heterocycles. The number of halogens is 3. The Hall–Kier alpha value is -5.42. The molecule has 0 radical (unpaired) electrons. The summed E-state index contributed by atoms with van der Waals surface area (Å²) in [7, 11) is 0. The lowest BCUT2D eigenvalue weighted by atomic mass is 9.79. The molecule has 0 spiro atoms. The number of phenolic OH excluding ortho intramolecular Hbond substituents is 1. The second-order valence-corrected chi connectivity index (χ2v) is 14.4. The fourth-order valence-corrected chi connectivity index (χ4v) is 6.65. The molecule has 3 aromatic rings. The number of aromatic hydroxyl groups is 1. The molecule has 2 aliphatic rings. The molecule has 0 saturated carbocycles. The summed E-state index contributed by atoms with van der Waals surface area (Å²) in [6.45, 7) is 4.78. The van der Waals surface area contributed by atoms with E-state index in [9.17, 15) is 33.8 Å². The highest BCUT2D eigenvalue weighted by molar-refractivity contribution is 6.12. The normalized spacial score (nSPS) is 18.1. The third-order valence-corrected chi connectivity index (χ3v) is 9.65. The van der Waals surface area contributed by atoms with E-state index >= 15 is 8.78 Å². The fourth-order valence-electron chi connectivity index (χ4n) is 6.65. The zero-order valence-corrected chi connectivity index (χ0v) is 30.8. The second-order valence-electron chi connectivity index (χ2n) is 14.4. The maximum absolute atomic E-state index is 15.3. The van der Waals surface area contributed by atoms with Gasteiger partial charge in [0.05, 0.1) is 31.0 Å². The Morgan fingerprint density at radius 3 is 2.55 bits per heavy atom. The Bertz CT molecular complexity index is 1890. The maximum atomic E-state index is 15.3. The predicted octanol–water partition coefficient (Wildman–Crippen LogP) is 3.64. The van der Waals surface area contributed by atoms with E-state index in [2.05, 4.69) is 16.0 Å². The lowest BCUT2D eigenvalue weighted by Gasteiger charge is -2.43. The van der Waals surface area contributed by atoms with E-state index in [1.807, 2.05) is 0 Å². The van der Waals surface area contributed by atoms with Crippen molar-refractivity contribution >= 4 is 23.9 Å². The lowest BCUT2D eigenvalue weighted by molar-refractivity contribution is -0.136. The third-order valence-electron chi connectivity index (χ3n) is 9.65. The molecular formula is C38H46F3N7O7. The van der Waals surface area contributed by atoms with Crippen LogP contribution in [0.4, 0.5) is 22.8 Å². The predicted molar refractivity (Wildman–Crippen MR) is 194 cm³/mol. The van der Waals surface area contributed by atoms with Crippen LogP contribution in [0.25, 0.3) is 11.3 Å². The van der Waals surface area contributed by atoms with E-state index in [1.165, 1.54) is 23.2 Å². The molecule has 296 valence electrons. The van der Waals surface area contributed by atoms with Gasteiger partial charge < -0.3 is 40.4 Å². The molecule has 4 unspecified atom stereocenters. The van der Waals surface area contributed by atoms with Gasteiger partial charge in [-0.1, -0.05) is 26.0 Å². The van der Waals surface area contributed by atoms with Gasteiger partial charge >= 0.3 is 12.1 Å². The highest BCUT2D eigenvalue weighted by atomic mass is 19.1. The molecule has 5 amide bonds. The molecule has 17 heteroatoms. The minimum atomic E-state index is -1.30. The molecular weight excluding hydrogens is 723 g/mol. The van der Waals surface area contributed by atoms with Crippen LogP contribution in [-0.4, -0.2) is 112 Å². The van der Waals surface area contributed by atoms with Crippen molar-refractivity contribution in [3.63, 3.8) is 0 Å². The number of carbonyl (C=O) groups excluding carboxylic acids is 4. The number of alkyl halides is 1. The summed E-state index contributed by atoms with van der Waals surface area (Å²) in [6.07, 6.45) is 1.76. The Morgan fingerprint density at radius 1 is 1.13 bits per heavy atom. The maximum Gasteiger partial charge on any atom is 0.407 e. The first-order valence-electron chi connectivity index (χ1n) is 17.9. The van der Waals surface area contributed by atoms with Crippen molar-refractivity contribution in [2.75, 3.05) is 45.9 Å². The van der Waals surface area contributed by atoms with Crippen LogP contribution in [0.1, 0.15) is 44.6 Å². The van der Waals surface area contributed by atoms with Gasteiger partial charge in [0.1, 0.15) is 29.4 Å². The van der Waals surface area contributed by atoms with Gasteiger partial charge in [-0.2, -0.15) is 0 Å². The first kappa shape index (κ1) is 40.8. The highest BCUT2D eigenvalue weighted by Crippen LogP contribution is 2.43. The van der Waals surface area contributed by atoms with Crippen LogP contribution in [0.5, 0.6) is 5.75 Å². The summed E-state index contributed by atoms with van der Waals surface area (Å²) in [5.41, 5.74) is -0.529. The number of imidazole rings is 1. The standard InChI is InChI=1S/C38H46F3N7O7/c1-23(22-49)44-36(53)48(20-25-17-42-18-30(25)41)34(38(2,3)11-14-55-37(54)43-12-13-47-32(51)9-10-33(47)52)35-45-31(28-16-26(39)7-8-29(28)40)21-46(35)19-24-5-4-6-27(50)15-24/h4-10,15-16,21,23,25,30,34,42,49-50H,11-14,17-20,22H2,1-3H3,(H,43,54)(H,44,53). The lowest BCUT2D eigenvalue weighted by Crippen LogP contribution is -2.52. The van der Waals surface area contributed by atoms with Crippen molar-refractivity contribution in [1.29, 1.82) is 0 Å². The number of benzene rings is 2. The monoisotopic (exact) mass is 769 g/mol. The number of hydrogen-bond donors (Lipinski definition) is 5. The Morgan fingerprint density at radius 2 is 1.87 bits per heavy atom. The molecule has 0 aliphatic carbocycles. The summed E-state index contributed by atoms with van der Waals surface area (Å²) in [4.78, 5) is 57.8. The Labute approximate surface area is 316 Å². The van der Waals surface area contributed by atoms with Crippen LogP contribution in [0, 0.1) is 23.0 Å². The van der Waals surface area contributed by atoms with Gasteiger partial charge in [0.25, 0.3) is 11.8 Å². The van der Waals surface area contributed by atoms with Gasteiger partial charge in [-0.25, -0.2) is 27.7 Å². The van der Waals surface area contributed by atoms with Gasteiger partial charge in [-0.3, -0.25) is 14.5 Å². The molecule has 3 heterocycles. The zero-order valence-electron chi connectivity index (χ0n) is 30.8. The molecule has 2 aliphatic heterocycles. The van der Waals surface area contributed by atoms with Crippen molar-refractivity contribution in [2.45, 2.75) is 52.0 Å². The van der Waals surface area contributed by atoms with Crippen LogP contribution in [0.2, 0.25) is 0 Å². The van der Waals surface area contributed by atoms with Crippen LogP contribution in [-0.2, 0) is 20.9 Å². The Kier molecular flexibility index (Phi) is 13.2. The summed E-state index contributed by atoms with van der Waals surface area (Å²) in [5.74, 6) is -2.89. The number of imide groups is 1. The number of aromatic nitrogens is 2. The summed E-state index contributed by atoms with van der Waals surface area (Å²) >= 11 is 0. The largest absolute Gasteiger partial charge is 0.508 e. The molecule has 4 atom stereocenters. The number of amides is 5. The van der Waals surface area contributed by atoms with Crippen LogP contribution in [0.15, 0.2) is 60.8 Å². The highest BCUT2D eigenvalue weighted by Gasteiger charge is 2.44. The van der Waals surface area contributed by atoms with Crippen LogP contribution in [0.3, 0.4) is 0 Å². The van der Waals surface area contributed by atoms with Gasteiger partial charge in [0.2, 0.25) is 0 Å². The third kappa shape index (κ3) is 10.2. The van der Waals surface area contributed by atoms with E-state index in [0.717, 1.165) is 35.3 Å². The van der Waals surface area contributed by atoms with Crippen molar-refractivity contribution in [2.24, 2.45) is 11.3 Å². The SMILES string of the molecule is CC(CO)NC(=O)N(CC1CNCC1F)C(c1nc(-c2cc(F)ccc2F)cn1Cc1cccc(O)c1)C(C)(C)CCOC(=O)NCCN1C(=O)C=CC1=O. The first-order chi connectivity index (χ1) is 26.2. The number of alkyl carbamates (subject to hydrolysis) is 1. The number of hydrogen-bond acceptors (Lipinski definition) is 9. The smallest absolute Gasteiger partial charge is 0.407 e. The number of carbonyl (C=O) groups is 4. The number of nitrogens with one attached hydrogen (secondary N) is 3. The second kappa shape index (κ2) is 17.8. The zero-order chi connectivity index (χ0) is 39.9. The molecule has 5 rings (SSSR count). The number of rotatable bonds is 16. The summed E-state index contributed by atoms with van der Waals surface area (Å²) in [6, 6.07) is 6.98. The van der Waals surface area contributed by atoms with E-state index in [4.69, 9.17) is 9.72 Å². The van der Waals surface area contributed by atoms with Gasteiger partial charge in [-0.15, -0.1) is 0 Å². The van der Waals surface area contributed by atoms with Crippen molar-refractivity contribution in [3.05, 3.63) is 83.8 Å². The van der Waals surface area contributed by atoms with Gasteiger partial charge in [-0.05, 0) is 54.7 Å². The molecule has 14 nitrogen and oxygen atoms in total. The van der Waals surface area contributed by atoms with Crippen LogP contribution < -0.4 is 16.0 Å². The first-order valence-corrected chi connectivity index (χ1v) is 17.9. The molecule has 1 fully saturated rings. The number of urea groups is 1. The summed E-state index contributed by atoms with van der Waals surface area (Å²) in [5, 5.41) is 28.4. The molecule has 0 bridgehead atoms. The number of phenols is 1. The minimum absolute atomic E-state index is 0.0140. The van der Waals surface area contributed by atoms with Crippen molar-refractivity contribution in [3.8, 4) is 17.0 Å². The van der Waals surface area contributed by atoms with E-state index in [-0.39, 0.29) is 81.7 Å². The number of nitrogens with zero attached hydrogens (tertiary/aromatic N) is 4. The van der Waals surface area contributed by atoms with E-state index < -0.39 is 65.2 Å². The topological polar surface area (TPSA) is 178 Å². The minimum Gasteiger partial charge on any atom is -0.508 e. The molecule has 5 N–H and O–H groups in total. The van der Waals surface area contributed by atoms with Crippen LogP contribution >= 0.6 is 0 Å². The van der Waals surface area contributed by atoms with E-state index in [0.29, 0.717) is 5.56 Å². The summed E-state index contributed by atoms with van der Waals surface area (Å²) < 4.78 is 52.1. The van der Waals surface area contributed by atoms with Crippen molar-refractivity contribution < 1.29 is 47.3 Å². The van der Waals surface area contributed by atoms with Gasteiger partial charge in [0.15, 0.2) is 0 Å². The Balaban J connectivity index is 1.52. The van der Waals surface area contributed by atoms with E-state index in [1.54, 1.807) is 37.5 Å². The van der Waals surface area contributed by atoms with Crippen molar-refractivity contribution in [1.82, 2.24) is 35.3 Å². The molecule has 55 heavy (non-hydrogen) atoms. The number of aliphatic hydroxyl groups excluding tert-OH is 1.